The molecule has 0 bridgehead atoms. The molecule has 0 aromatic heterocycles. The third-order valence-electron chi connectivity index (χ3n) is 4.87. The predicted octanol–water partition coefficient (Wildman–Crippen LogP) is -0.0273. The summed E-state index contributed by atoms with van der Waals surface area (Å²) >= 11 is 0. The van der Waals surface area contributed by atoms with E-state index >= 15 is 0 Å². The van der Waals surface area contributed by atoms with Crippen molar-refractivity contribution < 1.29 is 22.5 Å². The Morgan fingerprint density at radius 1 is 1.05 bits per heavy atom. The van der Waals surface area contributed by atoms with Crippen LogP contribution in [0.3, 0.4) is 0 Å². The fraction of sp³-hybridized carbons (Fsp3) is 0.647. The third kappa shape index (κ3) is 3.48. The van der Waals surface area contributed by atoms with E-state index in [1.807, 2.05) is 0 Å². The summed E-state index contributed by atoms with van der Waals surface area (Å²) in [7, 11) is 1.76. The van der Waals surface area contributed by atoms with E-state index < -0.39 is 0 Å². The van der Waals surface area contributed by atoms with Crippen molar-refractivity contribution in [2.45, 2.75) is 63.5 Å². The Labute approximate surface area is 128 Å². The lowest BCUT2D eigenvalue weighted by Gasteiger charge is -2.29. The number of hydrogen-bond acceptors (Lipinski definition) is 1. The molecule has 0 amide bonds. The molecule has 3 rings (SSSR count). The molecule has 1 saturated carbocycles. The summed E-state index contributed by atoms with van der Waals surface area (Å²) in [5.41, 5.74) is 3.08. The smallest absolute Gasteiger partial charge is 0.119 e. The molecule has 1 fully saturated rings. The quantitative estimate of drug-likeness (QED) is 0.833. The zero-order valence-corrected chi connectivity index (χ0v) is 13.2. The number of ether oxygens (including phenoxy) is 1. The van der Waals surface area contributed by atoms with Gasteiger partial charge in [-0.15, -0.1) is 0 Å². The van der Waals surface area contributed by atoms with Crippen LogP contribution < -0.4 is 22.5 Å². The Kier molecular flexibility index (Phi) is 5.74. The van der Waals surface area contributed by atoms with Gasteiger partial charge in [0.25, 0.3) is 0 Å². The normalized spacial score (nSPS) is 22.8. The molecule has 1 unspecified atom stereocenters. The first-order valence-corrected chi connectivity index (χ1v) is 7.88. The van der Waals surface area contributed by atoms with Gasteiger partial charge in [0.1, 0.15) is 11.8 Å². The van der Waals surface area contributed by atoms with E-state index in [1.54, 1.807) is 12.7 Å². The number of rotatable bonds is 3. The first-order valence-electron chi connectivity index (χ1n) is 7.88. The van der Waals surface area contributed by atoms with Crippen molar-refractivity contribution in [1.82, 2.24) is 0 Å². The SMILES string of the molecule is COc1ccc2c(c1)CCCC2[NH2+]C1CCCCC1.[Cl-]. The predicted molar refractivity (Wildman–Crippen MR) is 77.5 cm³/mol. The summed E-state index contributed by atoms with van der Waals surface area (Å²) < 4.78 is 5.36. The molecule has 2 nitrogen and oxygen atoms in total. The van der Waals surface area contributed by atoms with Gasteiger partial charge in [-0.3, -0.25) is 0 Å². The molecular weight excluding hydrogens is 270 g/mol. The van der Waals surface area contributed by atoms with Gasteiger partial charge in [-0.2, -0.15) is 0 Å². The molecule has 1 aromatic rings. The maximum atomic E-state index is 5.36. The van der Waals surface area contributed by atoms with Crippen LogP contribution in [0.15, 0.2) is 18.2 Å². The van der Waals surface area contributed by atoms with Crippen LogP contribution in [0.5, 0.6) is 5.75 Å². The monoisotopic (exact) mass is 295 g/mol. The van der Waals surface area contributed by atoms with Crippen LogP contribution >= 0.6 is 0 Å². The van der Waals surface area contributed by atoms with Gasteiger partial charge in [-0.25, -0.2) is 0 Å². The minimum Gasteiger partial charge on any atom is -1.00 e. The number of halogens is 1. The molecule has 2 N–H and O–H groups in total. The van der Waals surface area contributed by atoms with Crippen LogP contribution in [0.25, 0.3) is 0 Å². The highest BCUT2D eigenvalue weighted by atomic mass is 35.5. The van der Waals surface area contributed by atoms with Crippen molar-refractivity contribution in [2.24, 2.45) is 0 Å². The van der Waals surface area contributed by atoms with E-state index in [0.717, 1.165) is 11.8 Å². The first kappa shape index (κ1) is 15.7. The minimum absolute atomic E-state index is 0. The summed E-state index contributed by atoms with van der Waals surface area (Å²) in [4.78, 5) is 0. The second-order valence-corrected chi connectivity index (χ2v) is 6.15. The lowest BCUT2D eigenvalue weighted by atomic mass is 9.86. The fourth-order valence-corrected chi connectivity index (χ4v) is 3.81. The van der Waals surface area contributed by atoms with Crippen LogP contribution in [0.4, 0.5) is 0 Å². The Balaban J connectivity index is 0.00000147. The van der Waals surface area contributed by atoms with Gasteiger partial charge in [-0.1, -0.05) is 6.42 Å². The van der Waals surface area contributed by atoms with Crippen LogP contribution in [0, 0.1) is 0 Å². The number of quaternary nitrogens is 1. The molecule has 0 radical (unpaired) electrons. The highest BCUT2D eigenvalue weighted by Crippen LogP contribution is 2.30. The van der Waals surface area contributed by atoms with E-state index in [-0.39, 0.29) is 12.4 Å². The van der Waals surface area contributed by atoms with Crippen molar-refractivity contribution in [2.75, 3.05) is 7.11 Å². The zero-order valence-electron chi connectivity index (χ0n) is 12.4. The maximum Gasteiger partial charge on any atom is 0.119 e. The molecule has 20 heavy (non-hydrogen) atoms. The van der Waals surface area contributed by atoms with E-state index in [0.29, 0.717) is 6.04 Å². The van der Waals surface area contributed by atoms with Gasteiger partial charge >= 0.3 is 0 Å². The standard InChI is InChI=1S/C17H25NO.ClH/c1-19-15-10-11-16-13(12-15)6-5-9-17(16)18-14-7-3-2-4-8-14;/h10-12,14,17-18H,2-9H2,1H3;1H. The average Bonchev–Trinajstić information content (AvgIpc) is 2.48. The molecule has 0 saturated heterocycles. The Morgan fingerprint density at radius 3 is 2.60 bits per heavy atom. The molecule has 112 valence electrons. The lowest BCUT2D eigenvalue weighted by molar-refractivity contribution is -0.731. The van der Waals surface area contributed by atoms with Crippen molar-refractivity contribution >= 4 is 0 Å². The number of benzene rings is 1. The van der Waals surface area contributed by atoms with Crippen LogP contribution in [0.1, 0.15) is 62.1 Å². The van der Waals surface area contributed by atoms with Crippen LogP contribution in [-0.2, 0) is 6.42 Å². The van der Waals surface area contributed by atoms with Gasteiger partial charge in [0.05, 0.1) is 13.2 Å². The Morgan fingerprint density at radius 2 is 1.85 bits per heavy atom. The summed E-state index contributed by atoms with van der Waals surface area (Å²) in [6.45, 7) is 0. The van der Waals surface area contributed by atoms with E-state index in [2.05, 4.69) is 23.5 Å². The summed E-state index contributed by atoms with van der Waals surface area (Å²) in [5.74, 6) is 1.01. The highest BCUT2D eigenvalue weighted by molar-refractivity contribution is 5.38. The topological polar surface area (TPSA) is 25.8 Å². The molecule has 1 atom stereocenters. The third-order valence-corrected chi connectivity index (χ3v) is 4.87. The van der Waals surface area contributed by atoms with Crippen LogP contribution in [-0.4, -0.2) is 13.2 Å². The second-order valence-electron chi connectivity index (χ2n) is 6.15. The summed E-state index contributed by atoms with van der Waals surface area (Å²) in [5, 5.41) is 2.67. The maximum absolute atomic E-state index is 5.36. The summed E-state index contributed by atoms with van der Waals surface area (Å²) in [6, 6.07) is 8.24. The minimum atomic E-state index is 0. The van der Waals surface area contributed by atoms with Gasteiger partial charge in [0.15, 0.2) is 0 Å². The average molecular weight is 296 g/mol. The van der Waals surface area contributed by atoms with E-state index in [4.69, 9.17) is 4.74 Å². The molecule has 0 heterocycles. The Bertz CT molecular complexity index is 429. The zero-order chi connectivity index (χ0) is 13.1. The molecule has 2 aliphatic rings. The van der Waals surface area contributed by atoms with Crippen molar-refractivity contribution in [3.05, 3.63) is 29.3 Å². The molecule has 2 aliphatic carbocycles. The van der Waals surface area contributed by atoms with Crippen molar-refractivity contribution in [3.8, 4) is 5.75 Å². The Hall–Kier alpha value is -0.730. The highest BCUT2D eigenvalue weighted by Gasteiger charge is 2.27. The van der Waals surface area contributed by atoms with Gasteiger partial charge in [0, 0.05) is 12.0 Å². The van der Waals surface area contributed by atoms with Gasteiger partial charge in [-0.05, 0) is 62.3 Å². The molecule has 0 aliphatic heterocycles. The number of hydrogen-bond donors (Lipinski definition) is 1. The number of nitrogens with two attached hydrogens (primary N) is 1. The molecule has 0 spiro atoms. The van der Waals surface area contributed by atoms with Gasteiger partial charge < -0.3 is 22.5 Å². The fourth-order valence-electron chi connectivity index (χ4n) is 3.81. The van der Waals surface area contributed by atoms with Crippen LogP contribution in [0.2, 0.25) is 0 Å². The van der Waals surface area contributed by atoms with Gasteiger partial charge in [0.2, 0.25) is 0 Å². The number of methoxy groups -OCH3 is 1. The number of fused-ring (bicyclic) bond motifs is 1. The summed E-state index contributed by atoms with van der Waals surface area (Å²) in [6.07, 6.45) is 11.0. The number of aryl methyl sites for hydroxylation is 1. The second kappa shape index (κ2) is 7.33. The van der Waals surface area contributed by atoms with E-state index in [1.165, 1.54) is 56.9 Å². The van der Waals surface area contributed by atoms with Crippen molar-refractivity contribution in [3.63, 3.8) is 0 Å². The van der Waals surface area contributed by atoms with E-state index in [9.17, 15) is 0 Å². The molecule has 1 aromatic carbocycles. The molecule has 3 heteroatoms. The lowest BCUT2D eigenvalue weighted by Crippen LogP contribution is -3.00. The first-order chi connectivity index (χ1) is 9.36. The van der Waals surface area contributed by atoms with Crippen molar-refractivity contribution in [1.29, 1.82) is 0 Å². The molecular formula is C17H26ClNO. The largest absolute Gasteiger partial charge is 1.00 e.